The van der Waals surface area contributed by atoms with E-state index in [4.69, 9.17) is 9.51 Å². The number of fused-ring (bicyclic) bond motifs is 1. The van der Waals surface area contributed by atoms with Crippen LogP contribution in [-0.2, 0) is 0 Å². The zero-order chi connectivity index (χ0) is 21.4. The molecule has 5 heteroatoms. The maximum Gasteiger partial charge on any atom is 0.141 e. The van der Waals surface area contributed by atoms with Crippen LogP contribution in [-0.4, -0.2) is 15.1 Å². The van der Waals surface area contributed by atoms with Crippen LogP contribution >= 0.6 is 0 Å². The van der Waals surface area contributed by atoms with Crippen LogP contribution in [0, 0.1) is 19.7 Å². The molecule has 5 rings (SSSR count). The first-order valence-corrected chi connectivity index (χ1v) is 10.7. The Bertz CT molecular complexity index is 1150. The number of nitrogens with one attached hydrogen (secondary N) is 1. The fraction of sp³-hybridized carbons (Fsp3) is 0.360. The molecule has 1 N–H and O–H groups in total. The molecule has 1 fully saturated rings. The molecule has 1 aliphatic rings. The second-order valence-electron chi connectivity index (χ2n) is 7.83. The first kappa shape index (κ1) is 20.3. The summed E-state index contributed by atoms with van der Waals surface area (Å²) in [5.41, 5.74) is 7.18. The molecule has 0 amide bonds. The van der Waals surface area contributed by atoms with Crippen LogP contribution in [0.1, 0.15) is 73.9 Å². The van der Waals surface area contributed by atoms with E-state index < -0.39 is 0 Å². The first-order valence-electron chi connectivity index (χ1n) is 10.7. The van der Waals surface area contributed by atoms with Gasteiger partial charge in [-0.3, -0.25) is 0 Å². The molecule has 0 aliphatic heterocycles. The molecule has 4 aromatic rings. The van der Waals surface area contributed by atoms with Gasteiger partial charge < -0.3 is 9.51 Å². The number of aromatic nitrogens is 3. The van der Waals surface area contributed by atoms with Gasteiger partial charge in [-0.05, 0) is 67.6 Å². The molecule has 30 heavy (non-hydrogen) atoms. The summed E-state index contributed by atoms with van der Waals surface area (Å²) in [6.45, 7) is 10.0. The predicted octanol–water partition coefficient (Wildman–Crippen LogP) is 7.03. The molecule has 0 saturated heterocycles. The van der Waals surface area contributed by atoms with Crippen LogP contribution in [0.15, 0.2) is 40.9 Å². The minimum atomic E-state index is -0.221. The van der Waals surface area contributed by atoms with Gasteiger partial charge in [0.05, 0.1) is 16.7 Å². The molecule has 2 aromatic carbocycles. The van der Waals surface area contributed by atoms with Gasteiger partial charge in [0.1, 0.15) is 17.4 Å². The number of aromatic amines is 1. The van der Waals surface area contributed by atoms with E-state index in [1.54, 1.807) is 0 Å². The molecular weight excluding hydrogens is 377 g/mol. The van der Waals surface area contributed by atoms with Crippen molar-refractivity contribution in [3.8, 4) is 11.1 Å². The van der Waals surface area contributed by atoms with Crippen LogP contribution in [0.3, 0.4) is 0 Å². The molecule has 1 saturated carbocycles. The summed E-state index contributed by atoms with van der Waals surface area (Å²) in [5, 5.41) is 4.12. The fourth-order valence-electron chi connectivity index (χ4n) is 4.01. The Labute approximate surface area is 176 Å². The number of hydrogen-bond acceptors (Lipinski definition) is 3. The van der Waals surface area contributed by atoms with E-state index in [0.717, 1.165) is 50.6 Å². The van der Waals surface area contributed by atoms with Gasteiger partial charge in [0, 0.05) is 17.4 Å². The smallest absolute Gasteiger partial charge is 0.141 e. The summed E-state index contributed by atoms with van der Waals surface area (Å²) < 4.78 is 18.8. The maximum atomic E-state index is 13.4. The molecule has 156 valence electrons. The number of halogens is 1. The van der Waals surface area contributed by atoms with Crippen molar-refractivity contribution in [3.63, 3.8) is 0 Å². The Morgan fingerprint density at radius 3 is 2.40 bits per heavy atom. The number of benzene rings is 2. The molecular formula is C25H28FN3O. The van der Waals surface area contributed by atoms with Gasteiger partial charge in [0.2, 0.25) is 0 Å². The number of H-pyrrole nitrogens is 1. The first-order chi connectivity index (χ1) is 14.5. The number of nitrogens with zero attached hydrogens (tertiary/aromatic N) is 2. The summed E-state index contributed by atoms with van der Waals surface area (Å²) in [5.74, 6) is 2.28. The minimum absolute atomic E-state index is 0.0823. The summed E-state index contributed by atoms with van der Waals surface area (Å²) in [6, 6.07) is 11.1. The minimum Gasteiger partial charge on any atom is -0.361 e. The molecule has 0 bridgehead atoms. The van der Waals surface area contributed by atoms with Crippen molar-refractivity contribution in [2.45, 2.75) is 59.3 Å². The fourth-order valence-corrected chi connectivity index (χ4v) is 4.01. The Morgan fingerprint density at radius 2 is 1.80 bits per heavy atom. The molecule has 2 heterocycles. The van der Waals surface area contributed by atoms with Crippen LogP contribution in [0.2, 0.25) is 0 Å². The lowest BCUT2D eigenvalue weighted by Crippen LogP contribution is -1.99. The lowest BCUT2D eigenvalue weighted by molar-refractivity contribution is 0.393. The van der Waals surface area contributed by atoms with Gasteiger partial charge in [-0.1, -0.05) is 38.1 Å². The largest absolute Gasteiger partial charge is 0.361 e. The average Bonchev–Trinajstić information content (AvgIpc) is 3.43. The Kier molecular flexibility index (Phi) is 5.46. The van der Waals surface area contributed by atoms with Crippen LogP contribution in [0.25, 0.3) is 22.2 Å². The van der Waals surface area contributed by atoms with E-state index in [1.165, 1.54) is 25.0 Å². The molecule has 1 unspecified atom stereocenters. The predicted molar refractivity (Wildman–Crippen MR) is 118 cm³/mol. The van der Waals surface area contributed by atoms with Crippen LogP contribution < -0.4 is 0 Å². The number of imidazole rings is 1. The molecule has 1 aliphatic carbocycles. The second-order valence-corrected chi connectivity index (χ2v) is 7.83. The maximum absolute atomic E-state index is 13.4. The monoisotopic (exact) mass is 405 g/mol. The lowest BCUT2D eigenvalue weighted by atomic mass is 9.89. The van der Waals surface area contributed by atoms with E-state index in [9.17, 15) is 4.39 Å². The van der Waals surface area contributed by atoms with Crippen molar-refractivity contribution < 1.29 is 8.91 Å². The summed E-state index contributed by atoms with van der Waals surface area (Å²) in [7, 11) is 0. The Morgan fingerprint density at radius 1 is 1.10 bits per heavy atom. The van der Waals surface area contributed by atoms with E-state index in [0.29, 0.717) is 5.92 Å². The Balaban J connectivity index is 0.00000106. The molecule has 4 nitrogen and oxygen atoms in total. The summed E-state index contributed by atoms with van der Waals surface area (Å²) in [4.78, 5) is 8.47. The third-order valence-corrected chi connectivity index (χ3v) is 5.76. The number of aryl methyl sites for hydroxylation is 2. The van der Waals surface area contributed by atoms with Crippen molar-refractivity contribution in [1.29, 1.82) is 0 Å². The number of rotatable bonds is 4. The zero-order valence-electron chi connectivity index (χ0n) is 18.2. The van der Waals surface area contributed by atoms with Crippen molar-refractivity contribution in [3.05, 3.63) is 70.6 Å². The highest BCUT2D eigenvalue weighted by molar-refractivity contribution is 5.87. The van der Waals surface area contributed by atoms with E-state index in [1.807, 2.05) is 39.8 Å². The standard InChI is InChI=1S/C23H22FN3O.C2H6/c1-12(15-6-8-18(24)9-7-15)19-10-17(21-13(2)27-28-14(21)3)11-20-22(19)26-23(25-20)16-4-5-16;1-2/h6-12,16H,4-5H2,1-3H3,(H,25,26);1-2H3. The van der Waals surface area contributed by atoms with Gasteiger partial charge >= 0.3 is 0 Å². The molecule has 1 atom stereocenters. The van der Waals surface area contributed by atoms with Crippen LogP contribution in [0.4, 0.5) is 4.39 Å². The van der Waals surface area contributed by atoms with E-state index in [2.05, 4.69) is 29.2 Å². The normalized spacial score (nSPS) is 14.5. The van der Waals surface area contributed by atoms with Gasteiger partial charge in [-0.25, -0.2) is 9.37 Å². The zero-order valence-corrected chi connectivity index (χ0v) is 18.2. The summed E-state index contributed by atoms with van der Waals surface area (Å²) in [6.07, 6.45) is 2.39. The highest BCUT2D eigenvalue weighted by Gasteiger charge is 2.28. The number of hydrogen-bond donors (Lipinski definition) is 1. The SMILES string of the molecule is CC.Cc1noc(C)c1-c1cc(C(C)c2ccc(F)cc2)c2nc(C3CC3)[nH]c2c1. The quantitative estimate of drug-likeness (QED) is 0.396. The third-order valence-electron chi connectivity index (χ3n) is 5.76. The van der Waals surface area contributed by atoms with Gasteiger partial charge in [0.15, 0.2) is 0 Å². The second kappa shape index (κ2) is 8.05. The van der Waals surface area contributed by atoms with E-state index in [-0.39, 0.29) is 11.7 Å². The van der Waals surface area contributed by atoms with E-state index >= 15 is 0 Å². The molecule has 0 radical (unpaired) electrons. The van der Waals surface area contributed by atoms with Crippen molar-refractivity contribution in [2.24, 2.45) is 0 Å². The van der Waals surface area contributed by atoms with Crippen molar-refractivity contribution in [1.82, 2.24) is 15.1 Å². The van der Waals surface area contributed by atoms with Gasteiger partial charge in [0.25, 0.3) is 0 Å². The summed E-state index contributed by atoms with van der Waals surface area (Å²) >= 11 is 0. The van der Waals surface area contributed by atoms with Crippen molar-refractivity contribution >= 4 is 11.0 Å². The molecule has 2 aromatic heterocycles. The Hall–Kier alpha value is -2.95. The van der Waals surface area contributed by atoms with Crippen molar-refractivity contribution in [2.75, 3.05) is 0 Å². The topological polar surface area (TPSA) is 54.7 Å². The van der Waals surface area contributed by atoms with Crippen LogP contribution in [0.5, 0.6) is 0 Å². The third kappa shape index (κ3) is 3.64. The highest BCUT2D eigenvalue weighted by atomic mass is 19.1. The average molecular weight is 406 g/mol. The van der Waals surface area contributed by atoms with Gasteiger partial charge in [-0.2, -0.15) is 0 Å². The highest BCUT2D eigenvalue weighted by Crippen LogP contribution is 2.41. The van der Waals surface area contributed by atoms with Gasteiger partial charge in [-0.15, -0.1) is 0 Å². The lowest BCUT2D eigenvalue weighted by Gasteiger charge is -2.15. The molecule has 0 spiro atoms.